The van der Waals surface area contributed by atoms with Crippen molar-refractivity contribution in [1.29, 1.82) is 5.26 Å². The highest BCUT2D eigenvalue weighted by atomic mass is 16.5. The Hall–Kier alpha value is -3.21. The van der Waals surface area contributed by atoms with Crippen molar-refractivity contribution >= 4 is 22.6 Å². The summed E-state index contributed by atoms with van der Waals surface area (Å²) in [6.07, 6.45) is 3.95. The SMILES string of the molecule is CN(C(=O)COC(=O)Cc1n[nH]c(=O)c2ccccc12)C1(C#N)CCCCC1. The molecule has 0 aliphatic heterocycles. The van der Waals surface area contributed by atoms with Crippen molar-refractivity contribution in [2.24, 2.45) is 0 Å². The number of likely N-dealkylation sites (N-methyl/N-ethyl adjacent to an activating group) is 1. The number of H-pyrrole nitrogens is 1. The molecule has 1 aromatic heterocycles. The maximum Gasteiger partial charge on any atom is 0.312 e. The van der Waals surface area contributed by atoms with Gasteiger partial charge in [0, 0.05) is 12.4 Å². The largest absolute Gasteiger partial charge is 0.455 e. The predicted octanol–water partition coefficient (Wildman–Crippen LogP) is 1.69. The quantitative estimate of drug-likeness (QED) is 0.787. The smallest absolute Gasteiger partial charge is 0.312 e. The minimum atomic E-state index is -0.821. The first kappa shape index (κ1) is 19.5. The fraction of sp³-hybridized carbons (Fsp3) is 0.450. The maximum absolute atomic E-state index is 12.5. The molecule has 1 fully saturated rings. The van der Waals surface area contributed by atoms with Crippen molar-refractivity contribution in [3.8, 4) is 6.07 Å². The monoisotopic (exact) mass is 382 g/mol. The maximum atomic E-state index is 12.5. The highest BCUT2D eigenvalue weighted by molar-refractivity contribution is 5.87. The molecule has 1 aliphatic rings. The van der Waals surface area contributed by atoms with E-state index in [9.17, 15) is 19.6 Å². The summed E-state index contributed by atoms with van der Waals surface area (Å²) >= 11 is 0. The van der Waals surface area contributed by atoms with Crippen molar-refractivity contribution in [2.75, 3.05) is 13.7 Å². The molecule has 1 aliphatic carbocycles. The fourth-order valence-electron chi connectivity index (χ4n) is 3.63. The lowest BCUT2D eigenvalue weighted by Crippen LogP contribution is -2.51. The average molecular weight is 382 g/mol. The molecular weight excluding hydrogens is 360 g/mol. The van der Waals surface area contributed by atoms with E-state index in [1.54, 1.807) is 31.3 Å². The number of nitriles is 1. The average Bonchev–Trinajstić information content (AvgIpc) is 2.74. The van der Waals surface area contributed by atoms with Gasteiger partial charge in [-0.2, -0.15) is 10.4 Å². The van der Waals surface area contributed by atoms with E-state index in [0.29, 0.717) is 29.3 Å². The lowest BCUT2D eigenvalue weighted by atomic mass is 9.81. The fourth-order valence-corrected chi connectivity index (χ4v) is 3.63. The Kier molecular flexibility index (Phi) is 5.73. The van der Waals surface area contributed by atoms with E-state index in [-0.39, 0.29) is 12.0 Å². The van der Waals surface area contributed by atoms with Crippen LogP contribution in [0, 0.1) is 11.3 Å². The molecule has 0 spiro atoms. The van der Waals surface area contributed by atoms with Crippen LogP contribution in [-0.2, 0) is 20.7 Å². The third-order valence-corrected chi connectivity index (χ3v) is 5.35. The molecule has 3 rings (SSSR count). The zero-order valence-electron chi connectivity index (χ0n) is 15.7. The number of nitrogens with one attached hydrogen (secondary N) is 1. The van der Waals surface area contributed by atoms with Gasteiger partial charge in [0.2, 0.25) is 0 Å². The third-order valence-electron chi connectivity index (χ3n) is 5.35. The molecule has 0 atom stereocenters. The van der Waals surface area contributed by atoms with Gasteiger partial charge in [-0.25, -0.2) is 5.10 Å². The summed E-state index contributed by atoms with van der Waals surface area (Å²) in [7, 11) is 1.59. The topological polar surface area (TPSA) is 116 Å². The number of aromatic amines is 1. The van der Waals surface area contributed by atoms with Gasteiger partial charge in [-0.1, -0.05) is 37.5 Å². The van der Waals surface area contributed by atoms with Gasteiger partial charge >= 0.3 is 5.97 Å². The van der Waals surface area contributed by atoms with Crippen LogP contribution in [0.3, 0.4) is 0 Å². The third kappa shape index (κ3) is 3.88. The number of nitrogens with zero attached hydrogens (tertiary/aromatic N) is 3. The molecule has 0 unspecified atom stereocenters. The van der Waals surface area contributed by atoms with Crippen molar-refractivity contribution in [3.63, 3.8) is 0 Å². The van der Waals surface area contributed by atoms with Gasteiger partial charge in [0.05, 0.1) is 23.6 Å². The molecule has 0 saturated heterocycles. The molecule has 1 saturated carbocycles. The number of rotatable bonds is 5. The van der Waals surface area contributed by atoms with E-state index < -0.39 is 24.0 Å². The number of benzene rings is 1. The lowest BCUT2D eigenvalue weighted by Gasteiger charge is -2.38. The number of fused-ring (bicyclic) bond motifs is 1. The van der Waals surface area contributed by atoms with E-state index in [1.807, 2.05) is 0 Å². The van der Waals surface area contributed by atoms with Gasteiger partial charge in [-0.05, 0) is 18.9 Å². The Balaban J connectivity index is 1.63. The minimum Gasteiger partial charge on any atom is -0.455 e. The van der Waals surface area contributed by atoms with Crippen LogP contribution in [0.5, 0.6) is 0 Å². The summed E-state index contributed by atoms with van der Waals surface area (Å²) in [6.45, 7) is -0.431. The van der Waals surface area contributed by atoms with Crippen LogP contribution in [0.1, 0.15) is 37.8 Å². The molecule has 0 bridgehead atoms. The van der Waals surface area contributed by atoms with E-state index in [1.165, 1.54) is 4.90 Å². The van der Waals surface area contributed by atoms with E-state index >= 15 is 0 Å². The molecule has 28 heavy (non-hydrogen) atoms. The molecule has 1 amide bonds. The number of hydrogen-bond acceptors (Lipinski definition) is 6. The Bertz CT molecular complexity index is 986. The van der Waals surface area contributed by atoms with Crippen molar-refractivity contribution in [2.45, 2.75) is 44.1 Å². The highest BCUT2D eigenvalue weighted by Crippen LogP contribution is 2.32. The first-order chi connectivity index (χ1) is 13.5. The summed E-state index contributed by atoms with van der Waals surface area (Å²) in [6, 6.07) is 9.11. The zero-order valence-corrected chi connectivity index (χ0v) is 15.7. The first-order valence-corrected chi connectivity index (χ1v) is 9.27. The molecule has 1 heterocycles. The first-order valence-electron chi connectivity index (χ1n) is 9.27. The minimum absolute atomic E-state index is 0.169. The number of amides is 1. The number of carbonyl (C=O) groups excluding carboxylic acids is 2. The molecule has 0 radical (unpaired) electrons. The zero-order chi connectivity index (χ0) is 20.1. The second kappa shape index (κ2) is 8.21. The van der Waals surface area contributed by atoms with E-state index in [4.69, 9.17) is 4.74 Å². The summed E-state index contributed by atoms with van der Waals surface area (Å²) < 4.78 is 5.12. The van der Waals surface area contributed by atoms with Crippen LogP contribution < -0.4 is 5.56 Å². The summed E-state index contributed by atoms with van der Waals surface area (Å²) in [4.78, 5) is 37.9. The number of ether oxygens (including phenoxy) is 1. The van der Waals surface area contributed by atoms with Gasteiger partial charge in [0.1, 0.15) is 5.54 Å². The van der Waals surface area contributed by atoms with Crippen LogP contribution in [-0.4, -0.2) is 46.2 Å². The standard InChI is InChI=1S/C20H22N4O4/c1-24(20(13-21)9-5-2-6-10-20)17(25)12-28-18(26)11-16-14-7-3-4-8-15(14)19(27)23-22-16/h3-4,7-8H,2,5-6,9-12H2,1H3,(H,23,27). The summed E-state index contributed by atoms with van der Waals surface area (Å²) in [5.41, 5.74) is -0.779. The predicted molar refractivity (Wildman–Crippen MR) is 101 cm³/mol. The van der Waals surface area contributed by atoms with Crippen molar-refractivity contribution < 1.29 is 14.3 Å². The molecule has 146 valence electrons. The Morgan fingerprint density at radius 2 is 1.93 bits per heavy atom. The van der Waals surface area contributed by atoms with Crippen LogP contribution in [0.25, 0.3) is 10.8 Å². The van der Waals surface area contributed by atoms with Crippen LogP contribution in [0.2, 0.25) is 0 Å². The Labute approximate surface area is 162 Å². The molecule has 2 aromatic rings. The molecule has 8 heteroatoms. The Morgan fingerprint density at radius 3 is 2.61 bits per heavy atom. The van der Waals surface area contributed by atoms with Crippen LogP contribution in [0.4, 0.5) is 0 Å². The second-order valence-electron chi connectivity index (χ2n) is 7.04. The molecule has 8 nitrogen and oxygen atoms in total. The van der Waals surface area contributed by atoms with Gasteiger partial charge in [0.15, 0.2) is 6.61 Å². The molecular formula is C20H22N4O4. The normalized spacial score (nSPS) is 15.6. The number of aromatic nitrogens is 2. The van der Waals surface area contributed by atoms with E-state index in [2.05, 4.69) is 16.3 Å². The lowest BCUT2D eigenvalue weighted by molar-refractivity contribution is -0.153. The highest BCUT2D eigenvalue weighted by Gasteiger charge is 2.39. The summed E-state index contributed by atoms with van der Waals surface area (Å²) in [5, 5.41) is 16.9. The second-order valence-corrected chi connectivity index (χ2v) is 7.04. The van der Waals surface area contributed by atoms with Crippen molar-refractivity contribution in [1.82, 2.24) is 15.1 Å². The Morgan fingerprint density at radius 1 is 1.25 bits per heavy atom. The number of hydrogen-bond donors (Lipinski definition) is 1. The number of carbonyl (C=O) groups is 2. The van der Waals surface area contributed by atoms with Crippen molar-refractivity contribution in [3.05, 3.63) is 40.3 Å². The van der Waals surface area contributed by atoms with Gasteiger partial charge in [-0.15, -0.1) is 0 Å². The van der Waals surface area contributed by atoms with Crippen LogP contribution in [0.15, 0.2) is 29.1 Å². The molecule has 1 N–H and O–H groups in total. The summed E-state index contributed by atoms with van der Waals surface area (Å²) in [5.74, 6) is -1.03. The van der Waals surface area contributed by atoms with E-state index in [0.717, 1.165) is 19.3 Å². The van der Waals surface area contributed by atoms with Gasteiger partial charge in [-0.3, -0.25) is 14.4 Å². The number of esters is 1. The van der Waals surface area contributed by atoms with Crippen LogP contribution >= 0.6 is 0 Å². The molecule has 1 aromatic carbocycles. The van der Waals surface area contributed by atoms with Gasteiger partial charge < -0.3 is 9.64 Å². The van der Waals surface area contributed by atoms with Gasteiger partial charge in [0.25, 0.3) is 11.5 Å².